The van der Waals surface area contributed by atoms with E-state index in [0.29, 0.717) is 12.5 Å². The summed E-state index contributed by atoms with van der Waals surface area (Å²) in [5.74, 6) is 0.747. The summed E-state index contributed by atoms with van der Waals surface area (Å²) in [7, 11) is 0. The molecule has 136 valence electrons. The fraction of sp³-hybridized carbons (Fsp3) is 0.944. The molecule has 5 nitrogen and oxygen atoms in total. The quantitative estimate of drug-likeness (QED) is 0.812. The van der Waals surface area contributed by atoms with Gasteiger partial charge in [-0.15, -0.1) is 0 Å². The van der Waals surface area contributed by atoms with Gasteiger partial charge < -0.3 is 20.5 Å². The van der Waals surface area contributed by atoms with E-state index in [9.17, 15) is 4.79 Å². The Bertz CT molecular complexity index is 365. The molecule has 0 aromatic rings. The van der Waals surface area contributed by atoms with Crippen molar-refractivity contribution in [3.8, 4) is 0 Å². The van der Waals surface area contributed by atoms with Gasteiger partial charge in [-0.25, -0.2) is 4.79 Å². The van der Waals surface area contributed by atoms with Crippen LogP contribution in [0.15, 0.2) is 0 Å². The molecule has 1 aliphatic rings. The molecule has 1 amide bonds. The number of carbonyl (C=O) groups excluding carboxylic acids is 1. The summed E-state index contributed by atoms with van der Waals surface area (Å²) >= 11 is 0. The van der Waals surface area contributed by atoms with Crippen molar-refractivity contribution < 1.29 is 14.3 Å². The van der Waals surface area contributed by atoms with Crippen LogP contribution in [0.2, 0.25) is 0 Å². The molecule has 3 atom stereocenters. The molecule has 0 bridgehead atoms. The molecule has 3 N–H and O–H groups in total. The minimum atomic E-state index is -0.498. The van der Waals surface area contributed by atoms with E-state index in [2.05, 4.69) is 26.1 Å². The zero-order valence-electron chi connectivity index (χ0n) is 15.8. The summed E-state index contributed by atoms with van der Waals surface area (Å²) in [6.07, 6.45) is 2.91. The van der Waals surface area contributed by atoms with Gasteiger partial charge in [-0.3, -0.25) is 0 Å². The van der Waals surface area contributed by atoms with E-state index in [-0.39, 0.29) is 23.5 Å². The highest BCUT2D eigenvalue weighted by Gasteiger charge is 2.35. The zero-order valence-corrected chi connectivity index (χ0v) is 15.8. The average Bonchev–Trinajstić information content (AvgIpc) is 2.40. The second-order valence-corrected chi connectivity index (χ2v) is 8.80. The highest BCUT2D eigenvalue weighted by molar-refractivity contribution is 5.68. The van der Waals surface area contributed by atoms with Crippen LogP contribution in [0.5, 0.6) is 0 Å². The lowest BCUT2D eigenvalue weighted by Crippen LogP contribution is -2.52. The molecule has 1 unspecified atom stereocenters. The van der Waals surface area contributed by atoms with Crippen LogP contribution in [0, 0.1) is 17.3 Å². The van der Waals surface area contributed by atoms with Crippen molar-refractivity contribution in [3.63, 3.8) is 0 Å². The highest BCUT2D eigenvalue weighted by Crippen LogP contribution is 2.31. The topological polar surface area (TPSA) is 73.6 Å². The van der Waals surface area contributed by atoms with E-state index >= 15 is 0 Å². The Balaban J connectivity index is 2.75. The van der Waals surface area contributed by atoms with Gasteiger partial charge in [0.15, 0.2) is 0 Å². The van der Waals surface area contributed by atoms with Gasteiger partial charge in [0.1, 0.15) is 5.60 Å². The molecule has 1 rings (SSSR count). The van der Waals surface area contributed by atoms with Crippen molar-refractivity contribution in [1.82, 2.24) is 5.32 Å². The Morgan fingerprint density at radius 1 is 1.30 bits per heavy atom. The number of hydrogen-bond acceptors (Lipinski definition) is 4. The van der Waals surface area contributed by atoms with E-state index in [0.717, 1.165) is 26.1 Å². The van der Waals surface area contributed by atoms with Crippen molar-refractivity contribution >= 4 is 6.09 Å². The number of ether oxygens (including phenoxy) is 2. The van der Waals surface area contributed by atoms with Crippen molar-refractivity contribution in [2.75, 3.05) is 19.8 Å². The Morgan fingerprint density at radius 3 is 2.39 bits per heavy atom. The Morgan fingerprint density at radius 2 is 1.96 bits per heavy atom. The SMILES string of the molecule is CC(C)(C)OC(=O)NC([C@@H](CN)C[C@@H]1CCCOC1)C(C)(C)C. The van der Waals surface area contributed by atoms with E-state index in [1.54, 1.807) is 0 Å². The predicted molar refractivity (Wildman–Crippen MR) is 93.3 cm³/mol. The Hall–Kier alpha value is -0.810. The number of hydrogen-bond donors (Lipinski definition) is 2. The van der Waals surface area contributed by atoms with Gasteiger partial charge in [0, 0.05) is 19.3 Å². The Labute approximate surface area is 141 Å². The number of rotatable bonds is 5. The molecular formula is C18H36N2O3. The smallest absolute Gasteiger partial charge is 0.407 e. The average molecular weight is 328 g/mol. The van der Waals surface area contributed by atoms with Gasteiger partial charge in [0.2, 0.25) is 0 Å². The molecule has 1 saturated heterocycles. The molecular weight excluding hydrogens is 292 g/mol. The highest BCUT2D eigenvalue weighted by atomic mass is 16.6. The lowest BCUT2D eigenvalue weighted by molar-refractivity contribution is 0.0292. The number of alkyl carbamates (subject to hydrolysis) is 1. The van der Waals surface area contributed by atoms with Crippen LogP contribution in [-0.2, 0) is 9.47 Å². The van der Waals surface area contributed by atoms with Crippen molar-refractivity contribution in [2.24, 2.45) is 23.0 Å². The van der Waals surface area contributed by atoms with E-state index in [1.807, 2.05) is 20.8 Å². The van der Waals surface area contributed by atoms with Gasteiger partial charge >= 0.3 is 6.09 Å². The first-order chi connectivity index (χ1) is 10.5. The van der Waals surface area contributed by atoms with Crippen molar-refractivity contribution in [3.05, 3.63) is 0 Å². The largest absolute Gasteiger partial charge is 0.444 e. The third-order valence-electron chi connectivity index (χ3n) is 4.27. The normalized spacial score (nSPS) is 22.3. The molecule has 0 aromatic carbocycles. The van der Waals surface area contributed by atoms with Gasteiger partial charge in [0.25, 0.3) is 0 Å². The third-order valence-corrected chi connectivity index (χ3v) is 4.27. The van der Waals surface area contributed by atoms with Crippen LogP contribution in [-0.4, -0.2) is 37.5 Å². The molecule has 1 fully saturated rings. The lowest BCUT2D eigenvalue weighted by atomic mass is 9.75. The number of nitrogens with one attached hydrogen (secondary N) is 1. The third kappa shape index (κ3) is 7.53. The molecule has 0 aromatic heterocycles. The standard InChI is InChI=1S/C18H36N2O3/c1-17(2,3)15(20-16(21)23-18(4,5)6)14(11-19)10-13-8-7-9-22-12-13/h13-15H,7-12,19H2,1-6H3,(H,20,21)/t13-,14+,15?/m0/s1. The van der Waals surface area contributed by atoms with Crippen LogP contribution < -0.4 is 11.1 Å². The predicted octanol–water partition coefficient (Wildman–Crippen LogP) is 3.32. The summed E-state index contributed by atoms with van der Waals surface area (Å²) in [4.78, 5) is 12.2. The summed E-state index contributed by atoms with van der Waals surface area (Å²) in [5.41, 5.74) is 5.47. The van der Waals surface area contributed by atoms with Crippen LogP contribution in [0.1, 0.15) is 60.8 Å². The molecule has 23 heavy (non-hydrogen) atoms. The first kappa shape index (κ1) is 20.2. The Kier molecular flexibility index (Phi) is 7.33. The van der Waals surface area contributed by atoms with Crippen LogP contribution >= 0.6 is 0 Å². The molecule has 0 spiro atoms. The summed E-state index contributed by atoms with van der Waals surface area (Å²) < 4.78 is 11.0. The van der Waals surface area contributed by atoms with Gasteiger partial charge in [-0.05, 0) is 63.8 Å². The molecule has 0 aliphatic carbocycles. The van der Waals surface area contributed by atoms with Crippen molar-refractivity contribution in [2.45, 2.75) is 72.4 Å². The second-order valence-electron chi connectivity index (χ2n) is 8.80. The second kappa shape index (κ2) is 8.34. The molecule has 0 radical (unpaired) electrons. The fourth-order valence-corrected chi connectivity index (χ4v) is 3.27. The first-order valence-corrected chi connectivity index (χ1v) is 8.80. The van der Waals surface area contributed by atoms with Crippen molar-refractivity contribution in [1.29, 1.82) is 0 Å². The fourth-order valence-electron chi connectivity index (χ4n) is 3.27. The zero-order chi connectivity index (χ0) is 17.7. The first-order valence-electron chi connectivity index (χ1n) is 8.80. The van der Waals surface area contributed by atoms with Crippen LogP contribution in [0.3, 0.4) is 0 Å². The molecule has 5 heteroatoms. The van der Waals surface area contributed by atoms with Gasteiger partial charge in [0.05, 0.1) is 0 Å². The summed E-state index contributed by atoms with van der Waals surface area (Å²) in [6, 6.07) is -0.0238. The summed E-state index contributed by atoms with van der Waals surface area (Å²) in [5, 5.41) is 3.07. The molecule has 1 heterocycles. The number of nitrogens with two attached hydrogens (primary N) is 1. The minimum absolute atomic E-state index is 0.0238. The minimum Gasteiger partial charge on any atom is -0.444 e. The number of carbonyl (C=O) groups is 1. The van der Waals surface area contributed by atoms with E-state index in [4.69, 9.17) is 15.2 Å². The molecule has 0 saturated carbocycles. The monoisotopic (exact) mass is 328 g/mol. The maximum absolute atomic E-state index is 12.2. The molecule has 1 aliphatic heterocycles. The number of amides is 1. The van der Waals surface area contributed by atoms with E-state index in [1.165, 1.54) is 6.42 Å². The van der Waals surface area contributed by atoms with Gasteiger partial charge in [-0.2, -0.15) is 0 Å². The maximum Gasteiger partial charge on any atom is 0.407 e. The lowest BCUT2D eigenvalue weighted by Gasteiger charge is -2.39. The van der Waals surface area contributed by atoms with Crippen LogP contribution in [0.4, 0.5) is 4.79 Å². The maximum atomic E-state index is 12.2. The van der Waals surface area contributed by atoms with Crippen LogP contribution in [0.25, 0.3) is 0 Å². The summed E-state index contributed by atoms with van der Waals surface area (Å²) in [6.45, 7) is 14.2. The van der Waals surface area contributed by atoms with Gasteiger partial charge in [-0.1, -0.05) is 20.8 Å². The van der Waals surface area contributed by atoms with E-state index < -0.39 is 5.60 Å².